The van der Waals surface area contributed by atoms with Crippen molar-refractivity contribution in [2.75, 3.05) is 18.0 Å². The van der Waals surface area contributed by atoms with Crippen LogP contribution in [-0.4, -0.2) is 18.9 Å². The number of hydrogen-bond donors (Lipinski definition) is 0. The smallest absolute Gasteiger partial charge is 0.142 e. The normalized spacial score (nSPS) is 19.9. The predicted octanol–water partition coefficient (Wildman–Crippen LogP) is 2.80. The van der Waals surface area contributed by atoms with Crippen LogP contribution in [0.25, 0.3) is 0 Å². The summed E-state index contributed by atoms with van der Waals surface area (Å²) in [6.45, 7) is 7.86. The molecule has 2 heteroatoms. The average Bonchev–Trinajstić information content (AvgIpc) is 2.22. The Hall–Kier alpha value is -1.31. The van der Waals surface area contributed by atoms with E-state index in [2.05, 4.69) is 36.1 Å². The third kappa shape index (κ3) is 2.11. The molecular formula is C14H19NO. The van der Waals surface area contributed by atoms with E-state index in [9.17, 15) is 4.79 Å². The lowest BCUT2D eigenvalue weighted by molar-refractivity contribution is -0.127. The summed E-state index contributed by atoms with van der Waals surface area (Å²) in [5.41, 5.74) is 2.30. The van der Waals surface area contributed by atoms with Gasteiger partial charge in [0.2, 0.25) is 0 Å². The standard InChI is InChI=1S/C14H19NO/c1-11-5-4-6-12(9-11)15-8-7-13(16)14(2,3)10-15/h4-6,9H,7-8,10H2,1-3H3. The van der Waals surface area contributed by atoms with Crippen LogP contribution >= 0.6 is 0 Å². The van der Waals surface area contributed by atoms with E-state index >= 15 is 0 Å². The van der Waals surface area contributed by atoms with Gasteiger partial charge >= 0.3 is 0 Å². The molecule has 0 aromatic heterocycles. The van der Waals surface area contributed by atoms with Crippen molar-refractivity contribution >= 4 is 11.5 Å². The van der Waals surface area contributed by atoms with Crippen molar-refractivity contribution in [1.29, 1.82) is 0 Å². The number of aryl methyl sites for hydroxylation is 1. The maximum Gasteiger partial charge on any atom is 0.142 e. The van der Waals surface area contributed by atoms with Crippen LogP contribution in [0.15, 0.2) is 24.3 Å². The Bertz CT molecular complexity index is 409. The van der Waals surface area contributed by atoms with Crippen molar-refractivity contribution in [3.63, 3.8) is 0 Å². The number of anilines is 1. The average molecular weight is 217 g/mol. The molecule has 0 aliphatic carbocycles. The first-order chi connectivity index (χ1) is 7.49. The van der Waals surface area contributed by atoms with Crippen molar-refractivity contribution < 1.29 is 4.79 Å². The van der Waals surface area contributed by atoms with Crippen molar-refractivity contribution in [3.05, 3.63) is 29.8 Å². The molecule has 1 heterocycles. The molecule has 1 fully saturated rings. The molecule has 0 saturated carbocycles. The maximum absolute atomic E-state index is 11.7. The van der Waals surface area contributed by atoms with Gasteiger partial charge in [0.05, 0.1) is 0 Å². The van der Waals surface area contributed by atoms with Crippen LogP contribution < -0.4 is 4.90 Å². The summed E-state index contributed by atoms with van der Waals surface area (Å²) >= 11 is 0. The zero-order valence-corrected chi connectivity index (χ0v) is 10.3. The Morgan fingerprint density at radius 1 is 1.31 bits per heavy atom. The van der Waals surface area contributed by atoms with Crippen molar-refractivity contribution in [1.82, 2.24) is 0 Å². The maximum atomic E-state index is 11.7. The quantitative estimate of drug-likeness (QED) is 0.721. The van der Waals surface area contributed by atoms with Gasteiger partial charge in [-0.15, -0.1) is 0 Å². The van der Waals surface area contributed by atoms with Crippen LogP contribution in [0.1, 0.15) is 25.8 Å². The number of rotatable bonds is 1. The second-order valence-corrected chi connectivity index (χ2v) is 5.32. The molecule has 2 rings (SSSR count). The van der Waals surface area contributed by atoms with E-state index in [-0.39, 0.29) is 5.41 Å². The number of hydrogen-bond acceptors (Lipinski definition) is 2. The van der Waals surface area contributed by atoms with Gasteiger partial charge in [0.15, 0.2) is 0 Å². The highest BCUT2D eigenvalue weighted by atomic mass is 16.1. The molecule has 1 aliphatic rings. The Morgan fingerprint density at radius 2 is 2.06 bits per heavy atom. The summed E-state index contributed by atoms with van der Waals surface area (Å²) in [7, 11) is 0. The van der Waals surface area contributed by atoms with Gasteiger partial charge in [0.1, 0.15) is 5.78 Å². The number of nitrogens with zero attached hydrogens (tertiary/aromatic N) is 1. The van der Waals surface area contributed by atoms with E-state index in [0.29, 0.717) is 12.2 Å². The highest BCUT2D eigenvalue weighted by Gasteiger charge is 2.34. The lowest BCUT2D eigenvalue weighted by Gasteiger charge is -2.38. The fourth-order valence-corrected chi connectivity index (χ4v) is 2.26. The van der Waals surface area contributed by atoms with E-state index in [1.165, 1.54) is 11.3 Å². The molecule has 0 atom stereocenters. The minimum absolute atomic E-state index is 0.206. The summed E-state index contributed by atoms with van der Waals surface area (Å²) in [4.78, 5) is 14.0. The Labute approximate surface area is 97.3 Å². The molecule has 1 aromatic carbocycles. The number of benzene rings is 1. The van der Waals surface area contributed by atoms with Gasteiger partial charge in [-0.3, -0.25) is 4.79 Å². The fourth-order valence-electron chi connectivity index (χ4n) is 2.26. The molecule has 0 amide bonds. The number of carbonyl (C=O) groups is 1. The Morgan fingerprint density at radius 3 is 2.69 bits per heavy atom. The molecule has 16 heavy (non-hydrogen) atoms. The molecule has 1 saturated heterocycles. The first kappa shape index (κ1) is 11.2. The van der Waals surface area contributed by atoms with Crippen LogP contribution in [0, 0.1) is 12.3 Å². The summed E-state index contributed by atoms with van der Waals surface area (Å²) < 4.78 is 0. The largest absolute Gasteiger partial charge is 0.370 e. The van der Waals surface area contributed by atoms with Crippen molar-refractivity contribution in [2.45, 2.75) is 27.2 Å². The molecule has 0 N–H and O–H groups in total. The zero-order chi connectivity index (χ0) is 11.8. The van der Waals surface area contributed by atoms with E-state index in [0.717, 1.165) is 13.1 Å². The van der Waals surface area contributed by atoms with Crippen LogP contribution in [0.5, 0.6) is 0 Å². The first-order valence-electron chi connectivity index (χ1n) is 5.84. The fraction of sp³-hybridized carbons (Fsp3) is 0.500. The van der Waals surface area contributed by atoms with Gasteiger partial charge in [0.25, 0.3) is 0 Å². The molecule has 0 spiro atoms. The third-order valence-corrected chi connectivity index (χ3v) is 3.32. The molecule has 0 radical (unpaired) electrons. The molecule has 1 aromatic rings. The monoisotopic (exact) mass is 217 g/mol. The number of piperidine rings is 1. The van der Waals surface area contributed by atoms with E-state index < -0.39 is 0 Å². The second kappa shape index (κ2) is 3.93. The van der Waals surface area contributed by atoms with Crippen molar-refractivity contribution in [2.24, 2.45) is 5.41 Å². The van der Waals surface area contributed by atoms with Crippen molar-refractivity contribution in [3.8, 4) is 0 Å². The summed E-state index contributed by atoms with van der Waals surface area (Å²) in [6, 6.07) is 8.49. The van der Waals surface area contributed by atoms with Crippen LogP contribution in [0.2, 0.25) is 0 Å². The number of ketones is 1. The lowest BCUT2D eigenvalue weighted by Crippen LogP contribution is -2.46. The summed E-state index contributed by atoms with van der Waals surface area (Å²) in [5.74, 6) is 0.386. The molecule has 0 bridgehead atoms. The highest BCUT2D eigenvalue weighted by Crippen LogP contribution is 2.29. The molecule has 2 nitrogen and oxygen atoms in total. The Balaban J connectivity index is 2.21. The van der Waals surface area contributed by atoms with Crippen LogP contribution in [-0.2, 0) is 4.79 Å². The SMILES string of the molecule is Cc1cccc(N2CCC(=O)C(C)(C)C2)c1. The third-order valence-electron chi connectivity index (χ3n) is 3.32. The molecule has 0 unspecified atom stereocenters. The highest BCUT2D eigenvalue weighted by molar-refractivity contribution is 5.86. The van der Waals surface area contributed by atoms with Gasteiger partial charge in [-0.05, 0) is 24.6 Å². The molecular weight excluding hydrogens is 198 g/mol. The Kier molecular flexibility index (Phi) is 2.75. The molecule has 1 aliphatic heterocycles. The zero-order valence-electron chi connectivity index (χ0n) is 10.3. The van der Waals surface area contributed by atoms with Crippen LogP contribution in [0.3, 0.4) is 0 Å². The van der Waals surface area contributed by atoms with E-state index in [4.69, 9.17) is 0 Å². The van der Waals surface area contributed by atoms with E-state index in [1.807, 2.05) is 13.8 Å². The second-order valence-electron chi connectivity index (χ2n) is 5.32. The van der Waals surface area contributed by atoms with Gasteiger partial charge < -0.3 is 4.90 Å². The van der Waals surface area contributed by atoms with Crippen LogP contribution in [0.4, 0.5) is 5.69 Å². The number of carbonyl (C=O) groups excluding carboxylic acids is 1. The minimum atomic E-state index is -0.206. The predicted molar refractivity (Wildman–Crippen MR) is 66.8 cm³/mol. The summed E-state index contributed by atoms with van der Waals surface area (Å²) in [5, 5.41) is 0. The minimum Gasteiger partial charge on any atom is -0.370 e. The number of Topliss-reactive ketones (excluding diaryl/α,β-unsaturated/α-hetero) is 1. The van der Waals surface area contributed by atoms with E-state index in [1.54, 1.807) is 0 Å². The lowest BCUT2D eigenvalue weighted by atomic mass is 9.82. The first-order valence-corrected chi connectivity index (χ1v) is 5.84. The van der Waals surface area contributed by atoms with Gasteiger partial charge in [-0.1, -0.05) is 26.0 Å². The van der Waals surface area contributed by atoms with Gasteiger partial charge in [-0.2, -0.15) is 0 Å². The summed E-state index contributed by atoms with van der Waals surface area (Å²) in [6.07, 6.45) is 0.668. The van der Waals surface area contributed by atoms with Gasteiger partial charge in [-0.25, -0.2) is 0 Å². The molecule has 86 valence electrons. The van der Waals surface area contributed by atoms with Gasteiger partial charge in [0, 0.05) is 30.6 Å². The topological polar surface area (TPSA) is 20.3 Å².